The molecule has 1 fully saturated rings. The van der Waals surface area contributed by atoms with Crippen LogP contribution in [0.25, 0.3) is 11.3 Å². The number of carbonyl (C=O) groups is 2. The fourth-order valence-corrected chi connectivity index (χ4v) is 2.28. The molecule has 0 aromatic carbocycles. The van der Waals surface area contributed by atoms with Crippen molar-refractivity contribution in [2.24, 2.45) is 0 Å². The average molecular weight is 297 g/mol. The zero-order valence-electron chi connectivity index (χ0n) is 11.9. The third kappa shape index (κ3) is 3.11. The second-order valence-corrected chi connectivity index (χ2v) is 4.91. The molecule has 6 nitrogen and oxygen atoms in total. The highest BCUT2D eigenvalue weighted by Crippen LogP contribution is 2.18. The van der Waals surface area contributed by atoms with Crippen molar-refractivity contribution in [3.05, 3.63) is 42.9 Å². The first-order chi connectivity index (χ1) is 10.7. The van der Waals surface area contributed by atoms with Crippen LogP contribution in [0.3, 0.4) is 0 Å². The van der Waals surface area contributed by atoms with Crippen LogP contribution < -0.4 is 4.74 Å². The Balaban J connectivity index is 1.55. The predicted molar refractivity (Wildman–Crippen MR) is 78.9 cm³/mol. The van der Waals surface area contributed by atoms with Crippen molar-refractivity contribution in [3.8, 4) is 17.0 Å². The summed E-state index contributed by atoms with van der Waals surface area (Å²) in [5.74, 6) is 0.351. The Kier molecular flexibility index (Phi) is 4.09. The Morgan fingerprint density at radius 2 is 1.91 bits per heavy atom. The van der Waals surface area contributed by atoms with Gasteiger partial charge in [-0.25, -0.2) is 0 Å². The molecule has 3 rings (SSSR count). The second-order valence-electron chi connectivity index (χ2n) is 4.91. The first-order valence-electron chi connectivity index (χ1n) is 7.06. The third-order valence-electron chi connectivity index (χ3n) is 3.43. The van der Waals surface area contributed by atoms with Crippen molar-refractivity contribution < 1.29 is 14.3 Å². The van der Waals surface area contributed by atoms with Gasteiger partial charge in [0.1, 0.15) is 12.4 Å². The molecule has 2 aromatic heterocycles. The summed E-state index contributed by atoms with van der Waals surface area (Å²) < 4.78 is 5.53. The van der Waals surface area contributed by atoms with Crippen LogP contribution >= 0.6 is 0 Å². The van der Waals surface area contributed by atoms with Gasteiger partial charge in [0.25, 0.3) is 0 Å². The smallest absolute Gasteiger partial charge is 0.229 e. The van der Waals surface area contributed by atoms with E-state index < -0.39 is 0 Å². The number of pyridine rings is 2. The zero-order valence-corrected chi connectivity index (χ0v) is 11.9. The Hall–Kier alpha value is -2.76. The van der Waals surface area contributed by atoms with E-state index in [2.05, 4.69) is 9.97 Å². The number of nitrogens with zero attached hydrogens (tertiary/aromatic N) is 3. The van der Waals surface area contributed by atoms with Gasteiger partial charge in [-0.05, 0) is 24.3 Å². The van der Waals surface area contributed by atoms with Crippen molar-refractivity contribution in [1.29, 1.82) is 0 Å². The van der Waals surface area contributed by atoms with Gasteiger partial charge in [0.2, 0.25) is 11.8 Å². The highest BCUT2D eigenvalue weighted by Gasteiger charge is 2.28. The lowest BCUT2D eigenvalue weighted by Crippen LogP contribution is -2.33. The van der Waals surface area contributed by atoms with Gasteiger partial charge in [-0.15, -0.1) is 0 Å². The molecule has 22 heavy (non-hydrogen) atoms. The monoisotopic (exact) mass is 297 g/mol. The molecule has 0 spiro atoms. The standard InChI is InChI=1S/C16H15N3O3/c20-15-5-6-16(21)19(15)8-9-22-13-3-4-14(18-11-13)12-2-1-7-17-10-12/h1-4,7,10-11H,5-6,8-9H2. The van der Waals surface area contributed by atoms with Gasteiger partial charge >= 0.3 is 0 Å². The summed E-state index contributed by atoms with van der Waals surface area (Å²) >= 11 is 0. The number of amides is 2. The van der Waals surface area contributed by atoms with Gasteiger partial charge in [0, 0.05) is 30.8 Å². The number of rotatable bonds is 5. The lowest BCUT2D eigenvalue weighted by atomic mass is 10.2. The summed E-state index contributed by atoms with van der Waals surface area (Å²) in [5.41, 5.74) is 1.74. The molecular formula is C16H15N3O3. The molecule has 1 saturated heterocycles. The van der Waals surface area contributed by atoms with Crippen LogP contribution in [0.4, 0.5) is 0 Å². The van der Waals surface area contributed by atoms with Gasteiger partial charge in [-0.3, -0.25) is 24.5 Å². The van der Waals surface area contributed by atoms with Gasteiger partial charge in [-0.2, -0.15) is 0 Å². The number of imide groups is 1. The van der Waals surface area contributed by atoms with Crippen LogP contribution in [0.1, 0.15) is 12.8 Å². The molecule has 112 valence electrons. The summed E-state index contributed by atoms with van der Waals surface area (Å²) in [5, 5.41) is 0. The van der Waals surface area contributed by atoms with E-state index in [4.69, 9.17) is 4.74 Å². The van der Waals surface area contributed by atoms with E-state index in [0.717, 1.165) is 11.3 Å². The lowest BCUT2D eigenvalue weighted by molar-refractivity contribution is -0.138. The highest BCUT2D eigenvalue weighted by atomic mass is 16.5. The quantitative estimate of drug-likeness (QED) is 0.785. The molecule has 1 aliphatic heterocycles. The highest BCUT2D eigenvalue weighted by molar-refractivity contribution is 6.01. The molecule has 2 aromatic rings. The minimum atomic E-state index is -0.126. The molecule has 0 saturated carbocycles. The molecule has 0 aliphatic carbocycles. The van der Waals surface area contributed by atoms with Gasteiger partial charge in [-0.1, -0.05) is 0 Å². The van der Waals surface area contributed by atoms with E-state index in [1.54, 1.807) is 18.6 Å². The molecular weight excluding hydrogens is 282 g/mol. The van der Waals surface area contributed by atoms with E-state index in [1.807, 2.05) is 24.3 Å². The first kappa shape index (κ1) is 14.2. The number of likely N-dealkylation sites (tertiary alicyclic amines) is 1. The zero-order chi connectivity index (χ0) is 15.4. The van der Waals surface area contributed by atoms with Crippen molar-refractivity contribution in [3.63, 3.8) is 0 Å². The number of ether oxygens (including phenoxy) is 1. The Morgan fingerprint density at radius 3 is 2.55 bits per heavy atom. The SMILES string of the molecule is O=C1CCC(=O)N1CCOc1ccc(-c2cccnc2)nc1. The van der Waals surface area contributed by atoms with Crippen LogP contribution in [0.5, 0.6) is 5.75 Å². The summed E-state index contributed by atoms with van der Waals surface area (Å²) in [7, 11) is 0. The van der Waals surface area contributed by atoms with Crippen LogP contribution in [0.15, 0.2) is 42.9 Å². The number of hydrogen-bond acceptors (Lipinski definition) is 5. The third-order valence-corrected chi connectivity index (χ3v) is 3.43. The van der Waals surface area contributed by atoms with E-state index >= 15 is 0 Å². The summed E-state index contributed by atoms with van der Waals surface area (Å²) in [4.78, 5) is 32.5. The van der Waals surface area contributed by atoms with Crippen molar-refractivity contribution in [1.82, 2.24) is 14.9 Å². The molecule has 0 atom stereocenters. The van der Waals surface area contributed by atoms with E-state index in [1.165, 1.54) is 4.90 Å². The normalized spacial score (nSPS) is 14.5. The maximum absolute atomic E-state index is 11.5. The van der Waals surface area contributed by atoms with Crippen LogP contribution in [0, 0.1) is 0 Å². The van der Waals surface area contributed by atoms with Crippen LogP contribution in [-0.4, -0.2) is 39.8 Å². The Labute approximate surface area is 127 Å². The Morgan fingerprint density at radius 1 is 1.09 bits per heavy atom. The molecule has 1 aliphatic rings. The average Bonchev–Trinajstić information content (AvgIpc) is 2.88. The molecule has 6 heteroatoms. The molecule has 3 heterocycles. The topological polar surface area (TPSA) is 72.4 Å². The molecule has 0 unspecified atom stereocenters. The summed E-state index contributed by atoms with van der Waals surface area (Å²) in [6, 6.07) is 7.44. The largest absolute Gasteiger partial charge is 0.490 e. The van der Waals surface area contributed by atoms with Crippen molar-refractivity contribution in [2.75, 3.05) is 13.2 Å². The fraction of sp³-hybridized carbons (Fsp3) is 0.250. The molecule has 0 radical (unpaired) electrons. The summed E-state index contributed by atoms with van der Waals surface area (Å²) in [6.45, 7) is 0.549. The minimum absolute atomic E-state index is 0.126. The van der Waals surface area contributed by atoms with E-state index in [-0.39, 0.29) is 25.0 Å². The van der Waals surface area contributed by atoms with E-state index in [9.17, 15) is 9.59 Å². The maximum Gasteiger partial charge on any atom is 0.229 e. The predicted octanol–water partition coefficient (Wildman–Crippen LogP) is 1.67. The van der Waals surface area contributed by atoms with Crippen LogP contribution in [-0.2, 0) is 9.59 Å². The van der Waals surface area contributed by atoms with E-state index in [0.29, 0.717) is 18.6 Å². The molecule has 0 N–H and O–H groups in total. The molecule has 0 bridgehead atoms. The van der Waals surface area contributed by atoms with Crippen molar-refractivity contribution >= 4 is 11.8 Å². The van der Waals surface area contributed by atoms with Gasteiger partial charge < -0.3 is 4.74 Å². The molecule has 2 amide bonds. The number of hydrogen-bond donors (Lipinski definition) is 0. The first-order valence-corrected chi connectivity index (χ1v) is 7.06. The summed E-state index contributed by atoms with van der Waals surface area (Å²) in [6.07, 6.45) is 5.69. The van der Waals surface area contributed by atoms with Gasteiger partial charge in [0.15, 0.2) is 0 Å². The fourth-order valence-electron chi connectivity index (χ4n) is 2.28. The van der Waals surface area contributed by atoms with Gasteiger partial charge in [0.05, 0.1) is 18.4 Å². The lowest BCUT2D eigenvalue weighted by Gasteiger charge is -2.14. The second kappa shape index (κ2) is 6.34. The maximum atomic E-state index is 11.5. The Bertz CT molecular complexity index is 655. The minimum Gasteiger partial charge on any atom is -0.490 e. The van der Waals surface area contributed by atoms with Crippen molar-refractivity contribution in [2.45, 2.75) is 12.8 Å². The number of carbonyl (C=O) groups excluding carboxylic acids is 2. The van der Waals surface area contributed by atoms with Crippen LogP contribution in [0.2, 0.25) is 0 Å². The number of aromatic nitrogens is 2.